The maximum atomic E-state index is 13.4. The Balaban J connectivity index is 0.000000286. The number of amides is 1. The molecule has 5 aromatic heterocycles. The number of hydrogen-bond donors (Lipinski definition) is 0. The van der Waals surface area contributed by atoms with Gasteiger partial charge in [0.05, 0.1) is 73.7 Å². The first-order chi connectivity index (χ1) is 27.4. The average Bonchev–Trinajstić information content (AvgIpc) is 3.20. The molecule has 0 aliphatic carbocycles. The number of nitrogens with zero attached hydrogens (tertiary/aromatic N) is 7. The van der Waals surface area contributed by atoms with Crippen LogP contribution >= 0.6 is 0 Å². The van der Waals surface area contributed by atoms with E-state index in [2.05, 4.69) is 26.8 Å². The molecule has 2 atom stereocenters. The van der Waals surface area contributed by atoms with Crippen molar-refractivity contribution >= 4 is 34.4 Å². The van der Waals surface area contributed by atoms with E-state index in [1.165, 1.54) is 17.7 Å². The summed E-state index contributed by atoms with van der Waals surface area (Å²) >= 11 is 0. The molecule has 0 saturated carbocycles. The second kappa shape index (κ2) is 17.8. The second-order valence-electron chi connectivity index (χ2n) is 14.8. The molecule has 0 spiro atoms. The average molecular weight is 784 g/mol. The van der Waals surface area contributed by atoms with E-state index in [4.69, 9.17) is 23.7 Å². The summed E-state index contributed by atoms with van der Waals surface area (Å²) in [5, 5.41) is 0. The lowest BCUT2D eigenvalue weighted by atomic mass is 9.96. The molecule has 0 radical (unpaired) electrons. The summed E-state index contributed by atoms with van der Waals surface area (Å²) in [4.78, 5) is 65.5. The number of methoxy groups -OCH3 is 2. The Labute approximate surface area is 329 Å². The van der Waals surface area contributed by atoms with E-state index in [0.717, 1.165) is 36.1 Å². The lowest BCUT2D eigenvalue weighted by molar-refractivity contribution is -0.108. The predicted molar refractivity (Wildman–Crippen MR) is 212 cm³/mol. The van der Waals surface area contributed by atoms with Crippen molar-refractivity contribution in [2.24, 2.45) is 0 Å². The summed E-state index contributed by atoms with van der Waals surface area (Å²) in [6.07, 6.45) is 6.74. The number of rotatable bonds is 10. The molecule has 302 valence electrons. The lowest BCUT2D eigenvalue weighted by Gasteiger charge is -2.42. The lowest BCUT2D eigenvalue weighted by Crippen LogP contribution is -2.52. The smallest absolute Gasteiger partial charge is 0.410 e. The zero-order chi connectivity index (χ0) is 40.7. The Bertz CT molecular complexity index is 2340. The number of aromatic nitrogens is 5. The molecule has 2 aliphatic rings. The number of pyridine rings is 5. The Morgan fingerprint density at radius 3 is 2.07 bits per heavy atom. The van der Waals surface area contributed by atoms with Crippen LogP contribution in [0.3, 0.4) is 0 Å². The van der Waals surface area contributed by atoms with E-state index < -0.39 is 5.60 Å². The second-order valence-corrected chi connectivity index (χ2v) is 14.8. The molecule has 5 aromatic rings. The van der Waals surface area contributed by atoms with Gasteiger partial charge >= 0.3 is 6.09 Å². The first-order valence-electron chi connectivity index (χ1n) is 18.9. The molecule has 0 bridgehead atoms. The Morgan fingerprint density at radius 2 is 1.47 bits per heavy atom. The van der Waals surface area contributed by atoms with Crippen molar-refractivity contribution in [3.8, 4) is 23.0 Å². The topological polar surface area (TPSA) is 169 Å². The number of ether oxygens (including phenoxy) is 5. The van der Waals surface area contributed by atoms with Gasteiger partial charge in [0.1, 0.15) is 36.6 Å². The van der Waals surface area contributed by atoms with Gasteiger partial charge in [-0.05, 0) is 52.7 Å². The highest BCUT2D eigenvalue weighted by molar-refractivity contribution is 5.77. The fourth-order valence-corrected chi connectivity index (χ4v) is 6.97. The quantitative estimate of drug-likeness (QED) is 0.182. The van der Waals surface area contributed by atoms with Gasteiger partial charge in [0.2, 0.25) is 0 Å². The third kappa shape index (κ3) is 9.86. The number of piperidine rings is 1. The molecule has 7 heterocycles. The molecule has 1 fully saturated rings. The van der Waals surface area contributed by atoms with Crippen LogP contribution in [0, 0.1) is 0 Å². The van der Waals surface area contributed by atoms with Crippen molar-refractivity contribution in [3.05, 3.63) is 87.5 Å². The van der Waals surface area contributed by atoms with Gasteiger partial charge in [-0.2, -0.15) is 0 Å². The van der Waals surface area contributed by atoms with Crippen LogP contribution in [0.4, 0.5) is 4.79 Å². The molecule has 1 saturated heterocycles. The molecular weight excluding hydrogens is 734 g/mol. The summed E-state index contributed by atoms with van der Waals surface area (Å²) in [6, 6.07) is 11.9. The normalized spacial score (nSPS) is 16.7. The van der Waals surface area contributed by atoms with Crippen LogP contribution in [0.1, 0.15) is 46.2 Å². The van der Waals surface area contributed by atoms with Crippen LogP contribution in [0.25, 0.3) is 22.1 Å². The summed E-state index contributed by atoms with van der Waals surface area (Å²) < 4.78 is 30.6. The van der Waals surface area contributed by atoms with Gasteiger partial charge in [-0.15, -0.1) is 0 Å². The van der Waals surface area contributed by atoms with E-state index >= 15 is 0 Å². The van der Waals surface area contributed by atoms with Crippen molar-refractivity contribution in [1.29, 1.82) is 0 Å². The molecule has 0 aromatic carbocycles. The van der Waals surface area contributed by atoms with Crippen LogP contribution in [0.5, 0.6) is 23.0 Å². The summed E-state index contributed by atoms with van der Waals surface area (Å²) in [7, 11) is 3.11. The molecule has 2 aliphatic heterocycles. The third-order valence-corrected chi connectivity index (χ3v) is 9.84. The molecule has 16 nitrogen and oxygen atoms in total. The number of carbonyl (C=O) groups is 2. The predicted octanol–water partition coefficient (Wildman–Crippen LogP) is 4.47. The van der Waals surface area contributed by atoms with Crippen molar-refractivity contribution in [2.45, 2.75) is 77.9 Å². The van der Waals surface area contributed by atoms with E-state index in [-0.39, 0.29) is 35.8 Å². The van der Waals surface area contributed by atoms with Crippen molar-refractivity contribution < 1.29 is 33.3 Å². The zero-order valence-electron chi connectivity index (χ0n) is 33.2. The van der Waals surface area contributed by atoms with Gasteiger partial charge in [-0.25, -0.2) is 4.79 Å². The van der Waals surface area contributed by atoms with Gasteiger partial charge in [0.15, 0.2) is 11.5 Å². The van der Waals surface area contributed by atoms with Crippen molar-refractivity contribution in [3.63, 3.8) is 0 Å². The van der Waals surface area contributed by atoms with Crippen LogP contribution in [0.15, 0.2) is 70.6 Å². The minimum Gasteiger partial charge on any atom is -0.495 e. The van der Waals surface area contributed by atoms with E-state index in [1.807, 2.05) is 32.9 Å². The van der Waals surface area contributed by atoms with Gasteiger partial charge in [0, 0.05) is 62.0 Å². The Kier molecular flexibility index (Phi) is 12.7. The fraction of sp³-hybridized carbons (Fsp3) is 0.439. The standard InChI is InChI=1S/C30H39N5O6.C11H10N2O3/c1-20-14-22(8-9-33(20)10-11-34-25-16-23(38-5)17-32-24(25)6-7-28(34)36)35(29(37)41-30(2,3)4)19-21-15-26-27(18-31-21)40-13-12-39-26;1-16-8-6-10-9(12-7-8)2-3-11(15)13(10)4-5-14/h6-7,15-18,20,22H,8-14,19H2,1-5H3;2-3,5-7H,4H2,1H3. The molecular formula is C41H49N7O9. The Hall–Kier alpha value is -6.03. The van der Waals surface area contributed by atoms with Crippen LogP contribution in [-0.4, -0.2) is 104 Å². The van der Waals surface area contributed by atoms with E-state index in [1.54, 1.807) is 59.4 Å². The first kappa shape index (κ1) is 40.6. The molecule has 1 amide bonds. The van der Waals surface area contributed by atoms with Gasteiger partial charge < -0.3 is 33.0 Å². The van der Waals surface area contributed by atoms with Gasteiger partial charge in [-0.3, -0.25) is 38.9 Å². The highest BCUT2D eigenvalue weighted by Gasteiger charge is 2.34. The minimum absolute atomic E-state index is 0.0189. The number of aldehydes is 1. The summed E-state index contributed by atoms with van der Waals surface area (Å²) in [5.41, 5.74) is 2.55. The minimum atomic E-state index is -0.620. The van der Waals surface area contributed by atoms with E-state index in [9.17, 15) is 19.2 Å². The molecule has 0 N–H and O–H groups in total. The van der Waals surface area contributed by atoms with Crippen molar-refractivity contribution in [2.75, 3.05) is 40.5 Å². The highest BCUT2D eigenvalue weighted by Crippen LogP contribution is 2.31. The summed E-state index contributed by atoms with van der Waals surface area (Å²) in [6.45, 7) is 11.1. The van der Waals surface area contributed by atoms with Gasteiger partial charge in [0.25, 0.3) is 11.1 Å². The van der Waals surface area contributed by atoms with Gasteiger partial charge in [-0.1, -0.05) is 0 Å². The summed E-state index contributed by atoms with van der Waals surface area (Å²) in [5.74, 6) is 2.42. The van der Waals surface area contributed by atoms with Crippen molar-refractivity contribution in [1.82, 2.24) is 33.9 Å². The monoisotopic (exact) mass is 783 g/mol. The highest BCUT2D eigenvalue weighted by atomic mass is 16.6. The van der Waals surface area contributed by atoms with Crippen LogP contribution < -0.4 is 30.1 Å². The zero-order valence-corrected chi connectivity index (χ0v) is 33.2. The fourth-order valence-electron chi connectivity index (χ4n) is 6.97. The number of likely N-dealkylation sites (tertiary alicyclic amines) is 1. The third-order valence-electron chi connectivity index (χ3n) is 9.84. The number of fused-ring (bicyclic) bond motifs is 3. The van der Waals surface area contributed by atoms with E-state index in [0.29, 0.717) is 73.2 Å². The van der Waals surface area contributed by atoms with Crippen LogP contribution in [-0.2, 0) is 29.2 Å². The maximum Gasteiger partial charge on any atom is 0.410 e. The molecule has 7 rings (SSSR count). The SMILES string of the molecule is COc1cnc2ccc(=O)n(CC=O)c2c1.COc1cnc2ccc(=O)n(CCN3CCC(N(Cc4cc5c(cn4)OCCO5)C(=O)OC(C)(C)C)CC3C)c2c1. The number of hydrogen-bond acceptors (Lipinski definition) is 13. The maximum absolute atomic E-state index is 13.4. The Morgan fingerprint density at radius 1 is 0.860 bits per heavy atom. The number of carbonyl (C=O) groups excluding carboxylic acids is 2. The first-order valence-corrected chi connectivity index (χ1v) is 18.9. The molecule has 2 unspecified atom stereocenters. The van der Waals surface area contributed by atoms with Crippen LogP contribution in [0.2, 0.25) is 0 Å². The molecule has 57 heavy (non-hydrogen) atoms. The molecule has 16 heteroatoms. The largest absolute Gasteiger partial charge is 0.495 e.